The minimum Gasteiger partial charge on any atom is -0.495 e. The Morgan fingerprint density at radius 2 is 2.18 bits per heavy atom. The molecule has 0 saturated carbocycles. The first-order chi connectivity index (χ1) is 13.7. The molecule has 2 aromatic carbocycles. The second kappa shape index (κ2) is 8.53. The van der Waals surface area contributed by atoms with Crippen LogP contribution in [0.5, 0.6) is 5.75 Å². The van der Waals surface area contributed by atoms with Gasteiger partial charge in [-0.1, -0.05) is 35.5 Å². The van der Waals surface area contributed by atoms with Gasteiger partial charge in [0.25, 0.3) is 5.56 Å². The third kappa shape index (κ3) is 3.89. The number of nitrogens with zero attached hydrogens (tertiary/aromatic N) is 2. The van der Waals surface area contributed by atoms with Gasteiger partial charge in [-0.05, 0) is 36.8 Å². The van der Waals surface area contributed by atoms with Crippen LogP contribution in [0.15, 0.2) is 52.4 Å². The number of hydrogen-bond acceptors (Lipinski definition) is 6. The lowest BCUT2D eigenvalue weighted by Crippen LogP contribution is -2.27. The third-order valence-corrected chi connectivity index (χ3v) is 5.87. The van der Waals surface area contributed by atoms with Crippen LogP contribution in [0.3, 0.4) is 0 Å². The van der Waals surface area contributed by atoms with Crippen molar-refractivity contribution in [2.24, 2.45) is 0 Å². The van der Waals surface area contributed by atoms with Crippen LogP contribution in [0.4, 0.5) is 0 Å². The molecule has 1 atom stereocenters. The second-order valence-corrected chi connectivity index (χ2v) is 7.68. The summed E-state index contributed by atoms with van der Waals surface area (Å²) < 4.78 is 17.7. The number of halogens is 1. The Kier molecular flexibility index (Phi) is 5.87. The van der Waals surface area contributed by atoms with Crippen molar-refractivity contribution >= 4 is 34.3 Å². The zero-order valence-corrected chi connectivity index (χ0v) is 16.8. The average Bonchev–Trinajstić information content (AvgIpc) is 2.73. The molecule has 1 aromatic heterocycles. The molecule has 0 aliphatic carbocycles. The number of para-hydroxylation sites is 1. The summed E-state index contributed by atoms with van der Waals surface area (Å²) in [6.07, 6.45) is 0.883. The Labute approximate surface area is 171 Å². The molecule has 0 bridgehead atoms. The van der Waals surface area contributed by atoms with Crippen LogP contribution in [0, 0.1) is 0 Å². The van der Waals surface area contributed by atoms with E-state index in [0.29, 0.717) is 51.7 Å². The van der Waals surface area contributed by atoms with Gasteiger partial charge in [-0.3, -0.25) is 9.36 Å². The lowest BCUT2D eigenvalue weighted by molar-refractivity contribution is -0.130. The lowest BCUT2D eigenvalue weighted by atomic mass is 10.2. The monoisotopic (exact) mass is 418 g/mol. The highest BCUT2D eigenvalue weighted by Crippen LogP contribution is 2.29. The van der Waals surface area contributed by atoms with Gasteiger partial charge in [-0.25, -0.2) is 4.98 Å². The van der Waals surface area contributed by atoms with E-state index >= 15 is 0 Å². The smallest absolute Gasteiger partial charge is 0.266 e. The van der Waals surface area contributed by atoms with Gasteiger partial charge in [-0.2, -0.15) is 0 Å². The summed E-state index contributed by atoms with van der Waals surface area (Å²) in [4.78, 5) is 18.0. The maximum atomic E-state index is 13.3. The molecule has 146 valence electrons. The van der Waals surface area contributed by atoms with Gasteiger partial charge >= 0.3 is 0 Å². The van der Waals surface area contributed by atoms with Crippen LogP contribution in [0.25, 0.3) is 16.6 Å². The van der Waals surface area contributed by atoms with E-state index in [1.807, 2.05) is 18.2 Å². The average molecular weight is 419 g/mol. The first kappa shape index (κ1) is 19.3. The Hall–Kier alpha value is -2.06. The summed E-state index contributed by atoms with van der Waals surface area (Å²) in [6.45, 7) is 0.981. The fourth-order valence-corrected chi connectivity index (χ4v) is 4.36. The fraction of sp³-hybridized carbons (Fsp3) is 0.300. The number of hydrogen-bond donors (Lipinski definition) is 0. The van der Waals surface area contributed by atoms with Gasteiger partial charge in [0, 0.05) is 5.75 Å². The molecule has 6 nitrogen and oxygen atoms in total. The van der Waals surface area contributed by atoms with E-state index in [4.69, 9.17) is 30.8 Å². The fourth-order valence-electron chi connectivity index (χ4n) is 3.03. The van der Waals surface area contributed by atoms with E-state index in [1.165, 1.54) is 11.8 Å². The summed E-state index contributed by atoms with van der Waals surface area (Å²) in [5.74, 6) is 1.23. The predicted octanol–water partition coefficient (Wildman–Crippen LogP) is 3.90. The molecule has 8 heteroatoms. The van der Waals surface area contributed by atoms with Gasteiger partial charge < -0.3 is 14.2 Å². The van der Waals surface area contributed by atoms with Gasteiger partial charge in [0.15, 0.2) is 5.16 Å². The lowest BCUT2D eigenvalue weighted by Gasteiger charge is -2.22. The highest BCUT2D eigenvalue weighted by molar-refractivity contribution is 7.99. The van der Waals surface area contributed by atoms with E-state index < -0.39 is 0 Å². The zero-order valence-electron chi connectivity index (χ0n) is 15.3. The van der Waals surface area contributed by atoms with Crippen molar-refractivity contribution in [3.8, 4) is 11.4 Å². The Bertz CT molecular complexity index is 1050. The van der Waals surface area contributed by atoms with E-state index in [1.54, 1.807) is 35.9 Å². The predicted molar refractivity (Wildman–Crippen MR) is 110 cm³/mol. The second-order valence-electron chi connectivity index (χ2n) is 6.29. The van der Waals surface area contributed by atoms with E-state index in [2.05, 4.69) is 0 Å². The molecule has 1 fully saturated rings. The van der Waals surface area contributed by atoms with Crippen molar-refractivity contribution in [2.75, 3.05) is 26.3 Å². The van der Waals surface area contributed by atoms with Crippen LogP contribution in [0.2, 0.25) is 5.02 Å². The highest BCUT2D eigenvalue weighted by Gasteiger charge is 2.19. The molecule has 1 aliphatic rings. The number of methoxy groups -OCH3 is 1. The van der Waals surface area contributed by atoms with Crippen LogP contribution in [-0.4, -0.2) is 41.9 Å². The zero-order chi connectivity index (χ0) is 19.5. The SMILES string of the molecule is COc1ccc(-n2c(SC[C@@H]3CCOCO3)nc3ccccc3c2=O)cc1Cl. The van der Waals surface area contributed by atoms with Crippen molar-refractivity contribution in [2.45, 2.75) is 17.7 Å². The van der Waals surface area contributed by atoms with E-state index in [0.717, 1.165) is 6.42 Å². The molecule has 2 heterocycles. The number of benzene rings is 2. The molecule has 0 unspecified atom stereocenters. The summed E-state index contributed by atoms with van der Waals surface area (Å²) in [5.41, 5.74) is 1.17. The first-order valence-electron chi connectivity index (χ1n) is 8.85. The summed E-state index contributed by atoms with van der Waals surface area (Å²) in [6, 6.07) is 12.6. The van der Waals surface area contributed by atoms with Gasteiger partial charge in [0.1, 0.15) is 12.5 Å². The molecule has 1 aliphatic heterocycles. The number of fused-ring (bicyclic) bond motifs is 1. The van der Waals surface area contributed by atoms with Crippen LogP contribution in [-0.2, 0) is 9.47 Å². The summed E-state index contributed by atoms with van der Waals surface area (Å²) >= 11 is 7.79. The minimum absolute atomic E-state index is 0.0648. The quantitative estimate of drug-likeness (QED) is 0.462. The largest absolute Gasteiger partial charge is 0.495 e. The number of thioether (sulfide) groups is 1. The topological polar surface area (TPSA) is 62.6 Å². The number of ether oxygens (including phenoxy) is 3. The van der Waals surface area contributed by atoms with Crippen LogP contribution in [0.1, 0.15) is 6.42 Å². The van der Waals surface area contributed by atoms with E-state index in [-0.39, 0.29) is 11.7 Å². The first-order valence-corrected chi connectivity index (χ1v) is 10.2. The van der Waals surface area contributed by atoms with E-state index in [9.17, 15) is 4.79 Å². The number of aromatic nitrogens is 2. The molecule has 1 saturated heterocycles. The Morgan fingerprint density at radius 1 is 1.32 bits per heavy atom. The highest BCUT2D eigenvalue weighted by atomic mass is 35.5. The maximum absolute atomic E-state index is 13.3. The molecule has 28 heavy (non-hydrogen) atoms. The van der Waals surface area contributed by atoms with Crippen molar-refractivity contribution in [1.29, 1.82) is 0 Å². The molecule has 3 aromatic rings. The van der Waals surface area contributed by atoms with Gasteiger partial charge in [0.05, 0.1) is 41.4 Å². The van der Waals surface area contributed by atoms with Crippen molar-refractivity contribution in [1.82, 2.24) is 9.55 Å². The molecule has 4 rings (SSSR count). The molecule has 0 N–H and O–H groups in total. The van der Waals surface area contributed by atoms with Crippen LogP contribution < -0.4 is 10.3 Å². The van der Waals surface area contributed by atoms with Gasteiger partial charge in [0.2, 0.25) is 0 Å². The molecular formula is C20H19ClN2O4S. The summed E-state index contributed by atoms with van der Waals surface area (Å²) in [7, 11) is 1.56. The minimum atomic E-state index is -0.137. The molecule has 0 spiro atoms. The number of rotatable bonds is 5. The van der Waals surface area contributed by atoms with Crippen molar-refractivity contribution < 1.29 is 14.2 Å². The molecule has 0 radical (unpaired) electrons. The van der Waals surface area contributed by atoms with Crippen molar-refractivity contribution in [3.05, 3.63) is 57.8 Å². The standard InChI is InChI=1S/C20H19ClN2O4S/c1-25-18-7-6-13(10-16(18)21)23-19(24)15-4-2-3-5-17(15)22-20(23)28-11-14-8-9-26-12-27-14/h2-7,10,14H,8-9,11-12H2,1H3/t14-/m0/s1. The maximum Gasteiger partial charge on any atom is 0.266 e. The molecule has 0 amide bonds. The Morgan fingerprint density at radius 3 is 2.93 bits per heavy atom. The molecular weight excluding hydrogens is 400 g/mol. The van der Waals surface area contributed by atoms with Crippen molar-refractivity contribution in [3.63, 3.8) is 0 Å². The third-order valence-electron chi connectivity index (χ3n) is 4.51. The van der Waals surface area contributed by atoms with Gasteiger partial charge in [-0.15, -0.1) is 0 Å². The normalized spacial score (nSPS) is 17.0. The van der Waals surface area contributed by atoms with Crippen LogP contribution >= 0.6 is 23.4 Å². The Balaban J connectivity index is 1.79. The summed E-state index contributed by atoms with van der Waals surface area (Å²) in [5, 5.41) is 1.59.